The molecule has 0 saturated heterocycles. The fourth-order valence-corrected chi connectivity index (χ4v) is 0.942. The minimum absolute atomic E-state index is 0.584. The number of anilines is 1. The summed E-state index contributed by atoms with van der Waals surface area (Å²) in [6, 6.07) is 0. The van der Waals surface area contributed by atoms with Crippen LogP contribution in [0, 0.1) is 25.1 Å². The number of nitro groups is 2. The van der Waals surface area contributed by atoms with E-state index in [1.807, 2.05) is 0 Å². The first-order chi connectivity index (χ1) is 8.89. The average molecular weight is 279 g/mol. The van der Waals surface area contributed by atoms with E-state index in [0.29, 0.717) is 0 Å². The van der Waals surface area contributed by atoms with E-state index in [2.05, 4.69) is 14.9 Å². The van der Waals surface area contributed by atoms with E-state index in [1.165, 1.54) is 0 Å². The third-order valence-corrected chi connectivity index (χ3v) is 2.08. The fourth-order valence-electron chi connectivity index (χ4n) is 0.942. The minimum Gasteiger partial charge on any atom is -0.382 e. The summed E-state index contributed by atoms with van der Waals surface area (Å²) >= 11 is 0. The highest BCUT2D eigenvalue weighted by Crippen LogP contribution is 2.20. The molecule has 0 fully saturated rings. The van der Waals surface area contributed by atoms with Crippen molar-refractivity contribution in [3.05, 3.63) is 25.1 Å². The van der Waals surface area contributed by atoms with Crippen LogP contribution in [-0.2, 0) is 0 Å². The van der Waals surface area contributed by atoms with Gasteiger partial charge in [-0.2, -0.15) is 0 Å². The van der Waals surface area contributed by atoms with Gasteiger partial charge in [-0.15, -0.1) is 4.63 Å². The predicted molar refractivity (Wildman–Crippen MR) is 52.1 cm³/mol. The van der Waals surface area contributed by atoms with Gasteiger partial charge in [0, 0.05) is 5.16 Å². The molecule has 19 heavy (non-hydrogen) atoms. The molecular formula is C5H7N6O8+. The van der Waals surface area contributed by atoms with Crippen molar-refractivity contribution in [3.8, 4) is 0 Å². The van der Waals surface area contributed by atoms with Gasteiger partial charge in [0.2, 0.25) is 4.87 Å². The summed E-state index contributed by atoms with van der Waals surface area (Å²) in [5.41, 5.74) is -1.24. The third-order valence-electron chi connectivity index (χ3n) is 2.08. The molecule has 0 aliphatic heterocycles. The molecule has 104 valence electrons. The first kappa shape index (κ1) is 14.3. The summed E-state index contributed by atoms with van der Waals surface area (Å²) in [5, 5.41) is 44.6. The largest absolute Gasteiger partial charge is 0.521 e. The lowest BCUT2D eigenvalue weighted by Crippen LogP contribution is -2.56. The van der Waals surface area contributed by atoms with Crippen molar-refractivity contribution >= 4 is 11.6 Å². The number of hydrogen-bond acceptors (Lipinski definition) is 10. The highest BCUT2D eigenvalue weighted by Gasteiger charge is 2.60. The Morgan fingerprint density at radius 3 is 2.21 bits per heavy atom. The van der Waals surface area contributed by atoms with Crippen molar-refractivity contribution < 1.29 is 29.6 Å². The lowest BCUT2D eigenvalue weighted by Gasteiger charge is -2.10. The van der Waals surface area contributed by atoms with E-state index >= 15 is 0 Å². The van der Waals surface area contributed by atoms with Crippen molar-refractivity contribution in [1.82, 2.24) is 10.3 Å². The zero-order chi connectivity index (χ0) is 14.6. The summed E-state index contributed by atoms with van der Waals surface area (Å²) < 4.78 is 3.98. The summed E-state index contributed by atoms with van der Waals surface area (Å²) in [5.74, 6) is -1.80. The normalized spacial score (nSPS) is 11.1. The van der Waals surface area contributed by atoms with Crippen LogP contribution in [0.2, 0.25) is 0 Å². The van der Waals surface area contributed by atoms with Gasteiger partial charge >= 0.3 is 17.3 Å². The minimum atomic E-state index is -2.84. The van der Waals surface area contributed by atoms with Gasteiger partial charge in [0.1, 0.15) is 4.92 Å². The highest BCUT2D eigenvalue weighted by atomic mass is 16.7. The van der Waals surface area contributed by atoms with Crippen LogP contribution in [-0.4, -0.2) is 54.1 Å². The second kappa shape index (κ2) is 5.27. The Bertz CT molecular complexity index is 507. The SMILES string of the molecule is O=[N+]([O-])c1nonc1N[N+](=O)C(CO)(CO)[N+](=O)[O-]. The molecule has 0 aliphatic rings. The van der Waals surface area contributed by atoms with Crippen molar-refractivity contribution in [3.63, 3.8) is 0 Å². The molecule has 0 saturated carbocycles. The first-order valence-corrected chi connectivity index (χ1v) is 4.46. The lowest BCUT2D eigenvalue weighted by molar-refractivity contribution is -0.814. The van der Waals surface area contributed by atoms with E-state index in [4.69, 9.17) is 10.2 Å². The van der Waals surface area contributed by atoms with Crippen LogP contribution in [0.5, 0.6) is 0 Å². The van der Waals surface area contributed by atoms with Gasteiger partial charge in [-0.05, 0) is 4.92 Å². The number of nitrogens with one attached hydrogen (secondary N) is 1. The van der Waals surface area contributed by atoms with Crippen LogP contribution in [0.1, 0.15) is 0 Å². The van der Waals surface area contributed by atoms with Crippen molar-refractivity contribution in [2.45, 2.75) is 5.66 Å². The number of aliphatic hydroxyl groups is 2. The Hall–Kier alpha value is -2.74. The lowest BCUT2D eigenvalue weighted by atomic mass is 10.2. The number of hydrazine groups is 1. The molecular weight excluding hydrogens is 272 g/mol. The number of nitrogens with zero attached hydrogens (tertiary/aromatic N) is 5. The Morgan fingerprint density at radius 1 is 1.21 bits per heavy atom. The molecule has 1 aromatic heterocycles. The van der Waals surface area contributed by atoms with Crippen molar-refractivity contribution in [2.75, 3.05) is 18.6 Å². The highest BCUT2D eigenvalue weighted by molar-refractivity contribution is 5.46. The van der Waals surface area contributed by atoms with Gasteiger partial charge in [-0.1, -0.05) is 5.43 Å². The molecule has 0 amide bonds. The van der Waals surface area contributed by atoms with Crippen molar-refractivity contribution in [2.24, 2.45) is 0 Å². The topological polar surface area (TPSA) is 198 Å². The van der Waals surface area contributed by atoms with Gasteiger partial charge in [0.05, 0.1) is 4.91 Å². The van der Waals surface area contributed by atoms with Gasteiger partial charge in [0.25, 0.3) is 0 Å². The molecule has 0 aliphatic carbocycles. The molecule has 1 aromatic rings. The molecule has 3 N–H and O–H groups in total. The van der Waals surface area contributed by atoms with Crippen LogP contribution in [0.25, 0.3) is 0 Å². The molecule has 0 radical (unpaired) electrons. The van der Waals surface area contributed by atoms with Gasteiger partial charge in [0.15, 0.2) is 18.4 Å². The number of aliphatic hydroxyl groups excluding tert-OH is 2. The molecule has 0 bridgehead atoms. The monoisotopic (exact) mass is 279 g/mol. The maximum absolute atomic E-state index is 11.5. The van der Waals surface area contributed by atoms with E-state index < -0.39 is 45.2 Å². The summed E-state index contributed by atoms with van der Waals surface area (Å²) in [4.78, 5) is 29.7. The van der Waals surface area contributed by atoms with Gasteiger partial charge < -0.3 is 20.3 Å². The molecule has 14 nitrogen and oxygen atoms in total. The fraction of sp³-hybridized carbons (Fsp3) is 0.600. The maximum Gasteiger partial charge on any atom is 0.521 e. The number of rotatable bonds is 7. The first-order valence-electron chi connectivity index (χ1n) is 4.46. The van der Waals surface area contributed by atoms with E-state index in [0.717, 1.165) is 0 Å². The second-order valence-electron chi connectivity index (χ2n) is 3.16. The number of nitroso groups, excluding NO2 is 1. The van der Waals surface area contributed by atoms with E-state index in [-0.39, 0.29) is 0 Å². The van der Waals surface area contributed by atoms with Crippen LogP contribution in [0.15, 0.2) is 4.63 Å². The molecule has 0 aromatic carbocycles. The zero-order valence-electron chi connectivity index (χ0n) is 8.99. The summed E-state index contributed by atoms with van der Waals surface area (Å²) in [6.45, 7) is -2.71. The van der Waals surface area contributed by atoms with Crippen LogP contribution in [0.4, 0.5) is 11.6 Å². The molecule has 0 spiro atoms. The second-order valence-corrected chi connectivity index (χ2v) is 3.16. The number of aromatic nitrogens is 2. The molecule has 14 heteroatoms. The van der Waals surface area contributed by atoms with Gasteiger partial charge in [-0.25, -0.2) is 0 Å². The van der Waals surface area contributed by atoms with E-state index in [1.54, 1.807) is 5.43 Å². The summed E-state index contributed by atoms with van der Waals surface area (Å²) in [7, 11) is 0. The Morgan fingerprint density at radius 2 is 1.79 bits per heavy atom. The standard InChI is InChI=1S/C5H7N6O8/c12-1-5(2-13,11(17)18)10(16)6-3-4(9(14)15)8-19-7-3/h12-13H,1-2H2,(H,6,7,16)/q+1. The predicted octanol–water partition coefficient (Wildman–Crippen LogP) is -1.96. The quantitative estimate of drug-likeness (QED) is 0.216. The maximum atomic E-state index is 11.5. The van der Waals surface area contributed by atoms with Crippen LogP contribution in [0.3, 0.4) is 0 Å². The zero-order valence-corrected chi connectivity index (χ0v) is 8.99. The molecule has 1 rings (SSSR count). The van der Waals surface area contributed by atoms with E-state index in [9.17, 15) is 25.1 Å². The molecule has 0 unspecified atom stereocenters. The summed E-state index contributed by atoms with van der Waals surface area (Å²) in [6.07, 6.45) is 0. The molecule has 1 heterocycles. The van der Waals surface area contributed by atoms with Crippen molar-refractivity contribution in [1.29, 1.82) is 0 Å². The number of hydrogen-bond donors (Lipinski definition) is 3. The Balaban J connectivity index is 3.04. The Labute approximate surface area is 102 Å². The van der Waals surface area contributed by atoms with Crippen LogP contribution < -0.4 is 5.43 Å². The average Bonchev–Trinajstić information content (AvgIpc) is 2.79. The third kappa shape index (κ3) is 2.43. The smallest absolute Gasteiger partial charge is 0.382 e. The molecule has 0 atom stereocenters. The van der Waals surface area contributed by atoms with Gasteiger partial charge in [-0.3, -0.25) is 10.1 Å². The Kier molecular flexibility index (Phi) is 3.97. The van der Waals surface area contributed by atoms with Crippen LogP contribution >= 0.6 is 0 Å².